The first-order chi connectivity index (χ1) is 26.8. The Bertz CT molecular complexity index is 2810. The van der Waals surface area contributed by atoms with Crippen molar-refractivity contribution in [3.63, 3.8) is 0 Å². The number of hydrogen-bond acceptors (Lipinski definition) is 5. The zero-order valence-electron chi connectivity index (χ0n) is 29.3. The van der Waals surface area contributed by atoms with Gasteiger partial charge in [0.25, 0.3) is 0 Å². The molecule has 0 bridgehead atoms. The molecule has 5 heteroatoms. The fourth-order valence-corrected chi connectivity index (χ4v) is 7.51. The number of para-hydroxylation sites is 2. The van der Waals surface area contributed by atoms with Gasteiger partial charge < -0.3 is 14.6 Å². The molecule has 0 radical (unpaired) electrons. The molecule has 1 unspecified atom stereocenters. The van der Waals surface area contributed by atoms with Crippen molar-refractivity contribution in [2.24, 2.45) is 9.98 Å². The van der Waals surface area contributed by atoms with Gasteiger partial charge in [-0.2, -0.15) is 0 Å². The van der Waals surface area contributed by atoms with E-state index in [1.807, 2.05) is 36.4 Å². The van der Waals surface area contributed by atoms with E-state index in [1.165, 1.54) is 0 Å². The molecule has 8 aromatic carbocycles. The lowest BCUT2D eigenvalue weighted by Gasteiger charge is -2.25. The molecule has 0 saturated heterocycles. The molecule has 1 aromatic heterocycles. The zero-order chi connectivity index (χ0) is 35.8. The number of amidine groups is 2. The van der Waals surface area contributed by atoms with Gasteiger partial charge in [0.2, 0.25) is 0 Å². The SMILES string of the molecule is c1ccc(C2=NC(c3ccccc3)NC(c3cc4c5cc(-c6cccc(N(c7ccccc7)c7ccccc7)c6)ccc5oc4c4ccccc34)=N2)cc1. The number of fused-ring (bicyclic) bond motifs is 5. The van der Waals surface area contributed by atoms with Crippen LogP contribution in [0.1, 0.15) is 22.9 Å². The maximum absolute atomic E-state index is 6.67. The van der Waals surface area contributed by atoms with Crippen LogP contribution in [0.2, 0.25) is 0 Å². The van der Waals surface area contributed by atoms with Gasteiger partial charge in [0.1, 0.15) is 23.2 Å². The first kappa shape index (κ1) is 31.5. The van der Waals surface area contributed by atoms with Crippen LogP contribution in [0.5, 0.6) is 0 Å². The third-order valence-electron chi connectivity index (χ3n) is 10.1. The molecule has 1 aliphatic rings. The van der Waals surface area contributed by atoms with Gasteiger partial charge in [0.15, 0.2) is 5.84 Å². The summed E-state index contributed by atoms with van der Waals surface area (Å²) in [7, 11) is 0. The smallest absolute Gasteiger partial charge is 0.159 e. The molecule has 2 heterocycles. The minimum atomic E-state index is -0.297. The molecular formula is C49H34N4O. The maximum Gasteiger partial charge on any atom is 0.159 e. The van der Waals surface area contributed by atoms with Crippen LogP contribution in [0, 0.1) is 0 Å². The molecule has 1 aliphatic heterocycles. The molecular weight excluding hydrogens is 661 g/mol. The Balaban J connectivity index is 1.12. The molecule has 0 amide bonds. The van der Waals surface area contributed by atoms with E-state index < -0.39 is 0 Å². The van der Waals surface area contributed by atoms with Gasteiger partial charge in [-0.05, 0) is 76.7 Å². The largest absolute Gasteiger partial charge is 0.455 e. The summed E-state index contributed by atoms with van der Waals surface area (Å²) in [5, 5.41) is 7.88. The van der Waals surface area contributed by atoms with Gasteiger partial charge in [0.05, 0.1) is 0 Å². The van der Waals surface area contributed by atoms with Gasteiger partial charge in [-0.15, -0.1) is 0 Å². The minimum absolute atomic E-state index is 0.297. The van der Waals surface area contributed by atoms with E-state index in [0.717, 1.165) is 83.4 Å². The van der Waals surface area contributed by atoms with Gasteiger partial charge in [-0.1, -0.05) is 140 Å². The summed E-state index contributed by atoms with van der Waals surface area (Å²) in [6, 6.07) is 67.5. The predicted octanol–water partition coefficient (Wildman–Crippen LogP) is 12.4. The summed E-state index contributed by atoms with van der Waals surface area (Å²) in [4.78, 5) is 12.6. The monoisotopic (exact) mass is 694 g/mol. The molecule has 256 valence electrons. The number of nitrogens with zero attached hydrogens (tertiary/aromatic N) is 3. The van der Waals surface area contributed by atoms with Crippen LogP contribution in [0.3, 0.4) is 0 Å². The summed E-state index contributed by atoms with van der Waals surface area (Å²) < 4.78 is 6.67. The summed E-state index contributed by atoms with van der Waals surface area (Å²) in [5.41, 5.74) is 10.3. The highest BCUT2D eigenvalue weighted by atomic mass is 16.3. The second kappa shape index (κ2) is 13.4. The number of rotatable bonds is 7. The van der Waals surface area contributed by atoms with Crippen LogP contribution in [0.15, 0.2) is 209 Å². The zero-order valence-corrected chi connectivity index (χ0v) is 29.3. The number of benzene rings is 8. The molecule has 0 saturated carbocycles. The Morgan fingerprint density at radius 1 is 0.463 bits per heavy atom. The van der Waals surface area contributed by atoms with Crippen molar-refractivity contribution in [3.8, 4) is 11.1 Å². The highest BCUT2D eigenvalue weighted by Gasteiger charge is 2.24. The van der Waals surface area contributed by atoms with E-state index in [2.05, 4.69) is 168 Å². The number of nitrogens with one attached hydrogen (secondary N) is 1. The summed E-state index contributed by atoms with van der Waals surface area (Å²) in [6.45, 7) is 0. The third kappa shape index (κ3) is 5.69. The molecule has 10 rings (SSSR count). The van der Waals surface area contributed by atoms with Crippen LogP contribution in [0.25, 0.3) is 43.8 Å². The minimum Gasteiger partial charge on any atom is -0.455 e. The summed E-state index contributed by atoms with van der Waals surface area (Å²) in [5.74, 6) is 1.47. The van der Waals surface area contributed by atoms with E-state index in [0.29, 0.717) is 5.84 Å². The van der Waals surface area contributed by atoms with Gasteiger partial charge in [-0.3, -0.25) is 0 Å². The molecule has 1 atom stereocenters. The molecule has 0 fully saturated rings. The standard InChI is InChI=1S/C49H34N4O/c1-5-16-33(17-6-1)47-50-48(34-18-7-2-8-19-34)52-49(51-47)44-32-43-42-31-36(28-29-45(42)54-46(43)41-27-14-13-26-40(41)44)35-20-15-25-39(30-35)53(37-21-9-3-10-22-37)38-23-11-4-12-24-38/h1-32,47H,(H,50,51,52). The van der Waals surface area contributed by atoms with Gasteiger partial charge >= 0.3 is 0 Å². The Morgan fingerprint density at radius 3 is 1.78 bits per heavy atom. The van der Waals surface area contributed by atoms with Gasteiger partial charge in [0, 0.05) is 44.3 Å². The normalized spacial score (nSPS) is 14.1. The molecule has 0 aliphatic carbocycles. The Labute approximate surface area is 313 Å². The van der Waals surface area contributed by atoms with Crippen molar-refractivity contribution in [2.45, 2.75) is 6.17 Å². The Morgan fingerprint density at radius 2 is 1.06 bits per heavy atom. The number of aliphatic imine (C=N–C) groups is 2. The highest BCUT2D eigenvalue weighted by molar-refractivity contribution is 6.24. The Kier molecular flexibility index (Phi) is 7.81. The predicted molar refractivity (Wildman–Crippen MR) is 223 cm³/mol. The first-order valence-electron chi connectivity index (χ1n) is 18.2. The van der Waals surface area contributed by atoms with E-state index >= 15 is 0 Å². The fraction of sp³-hybridized carbons (Fsp3) is 0.0204. The van der Waals surface area contributed by atoms with Crippen LogP contribution >= 0.6 is 0 Å². The van der Waals surface area contributed by atoms with Crippen molar-refractivity contribution < 1.29 is 4.42 Å². The van der Waals surface area contributed by atoms with E-state index in [9.17, 15) is 0 Å². The average Bonchev–Trinajstić information content (AvgIpc) is 3.63. The summed E-state index contributed by atoms with van der Waals surface area (Å²) in [6.07, 6.45) is -0.297. The second-order valence-corrected chi connectivity index (χ2v) is 13.5. The maximum atomic E-state index is 6.67. The van der Waals surface area contributed by atoms with Crippen LogP contribution in [-0.2, 0) is 0 Å². The van der Waals surface area contributed by atoms with E-state index in [1.54, 1.807) is 0 Å². The lowest BCUT2D eigenvalue weighted by atomic mass is 9.97. The van der Waals surface area contributed by atoms with Gasteiger partial charge in [-0.25, -0.2) is 9.98 Å². The number of furan rings is 1. The molecule has 5 nitrogen and oxygen atoms in total. The lowest BCUT2D eigenvalue weighted by molar-refractivity contribution is 0.672. The first-order valence-corrected chi connectivity index (χ1v) is 18.2. The summed E-state index contributed by atoms with van der Waals surface area (Å²) >= 11 is 0. The molecule has 54 heavy (non-hydrogen) atoms. The van der Waals surface area contributed by atoms with Crippen molar-refractivity contribution >= 4 is 61.4 Å². The third-order valence-corrected chi connectivity index (χ3v) is 10.1. The van der Waals surface area contributed by atoms with Crippen LogP contribution in [-0.4, -0.2) is 11.7 Å². The van der Waals surface area contributed by atoms with Crippen LogP contribution in [0.4, 0.5) is 17.1 Å². The quantitative estimate of drug-likeness (QED) is 0.181. The molecule has 9 aromatic rings. The molecule has 1 N–H and O–H groups in total. The highest BCUT2D eigenvalue weighted by Crippen LogP contribution is 2.40. The topological polar surface area (TPSA) is 53.1 Å². The number of hydrogen-bond donors (Lipinski definition) is 1. The number of anilines is 3. The van der Waals surface area contributed by atoms with Crippen molar-refractivity contribution in [2.75, 3.05) is 4.90 Å². The van der Waals surface area contributed by atoms with Crippen molar-refractivity contribution in [1.29, 1.82) is 0 Å². The fourth-order valence-electron chi connectivity index (χ4n) is 7.51. The molecule has 0 spiro atoms. The average molecular weight is 695 g/mol. The lowest BCUT2D eigenvalue weighted by Crippen LogP contribution is -2.33. The van der Waals surface area contributed by atoms with E-state index in [-0.39, 0.29) is 6.17 Å². The second-order valence-electron chi connectivity index (χ2n) is 13.5. The van der Waals surface area contributed by atoms with E-state index in [4.69, 9.17) is 14.4 Å². The van der Waals surface area contributed by atoms with Crippen molar-refractivity contribution in [1.82, 2.24) is 5.32 Å². The van der Waals surface area contributed by atoms with Crippen molar-refractivity contribution in [3.05, 3.63) is 211 Å². The van der Waals surface area contributed by atoms with Crippen LogP contribution < -0.4 is 10.2 Å². The Hall–Kier alpha value is -7.24.